The second-order valence-electron chi connectivity index (χ2n) is 3.89. The van der Waals surface area contributed by atoms with Crippen molar-refractivity contribution >= 4 is 13.8 Å². The third-order valence-corrected chi connectivity index (χ3v) is 3.13. The number of hydrogen-bond donors (Lipinski definition) is 1. The Morgan fingerprint density at radius 3 is 3.00 bits per heavy atom. The minimum Gasteiger partial charge on any atom is -0.465 e. The molecule has 4 atom stereocenters. The van der Waals surface area contributed by atoms with Gasteiger partial charge in [-0.1, -0.05) is 6.92 Å². The average molecular weight is 166 g/mol. The van der Waals surface area contributed by atoms with Crippen LogP contribution in [0.1, 0.15) is 13.3 Å². The molecule has 64 valence electrons. The second kappa shape index (κ2) is 2.25. The van der Waals surface area contributed by atoms with Crippen molar-refractivity contribution in [1.82, 2.24) is 0 Å². The number of carbonyl (C=O) groups is 1. The number of rotatable bonds is 0. The summed E-state index contributed by atoms with van der Waals surface area (Å²) in [6, 6.07) is 0. The van der Waals surface area contributed by atoms with E-state index in [1.807, 2.05) is 6.92 Å². The lowest BCUT2D eigenvalue weighted by atomic mass is 9.62. The number of aliphatic hydroxyl groups excluding tert-OH is 1. The number of esters is 1. The van der Waals surface area contributed by atoms with Gasteiger partial charge in [-0.25, -0.2) is 0 Å². The van der Waals surface area contributed by atoms with Crippen LogP contribution in [0.5, 0.6) is 0 Å². The molecule has 1 unspecified atom stereocenters. The van der Waals surface area contributed by atoms with Gasteiger partial charge in [-0.05, 0) is 12.3 Å². The van der Waals surface area contributed by atoms with Crippen molar-refractivity contribution in [3.8, 4) is 0 Å². The molecule has 0 bridgehead atoms. The lowest BCUT2D eigenvalue weighted by Crippen LogP contribution is -2.34. The summed E-state index contributed by atoms with van der Waals surface area (Å²) in [4.78, 5) is 11.2. The molecule has 2 aliphatic rings. The molecule has 0 spiro atoms. The summed E-state index contributed by atoms with van der Waals surface area (Å²) in [5, 5.41) is 8.56. The standard InChI is InChI=1S/C8H11BO3/c1-4-2-5-3-12-7(11)8(5,9)6(4)10/h4-6,10H,2-3H2,1H3/t4-,5-,6-,8?/m0/s1. The molecular formula is C8H11BO3. The van der Waals surface area contributed by atoms with E-state index >= 15 is 0 Å². The lowest BCUT2D eigenvalue weighted by molar-refractivity contribution is -0.143. The summed E-state index contributed by atoms with van der Waals surface area (Å²) in [5.74, 6) is -0.327. The first-order valence-corrected chi connectivity index (χ1v) is 4.21. The third kappa shape index (κ3) is 0.737. The van der Waals surface area contributed by atoms with Gasteiger partial charge >= 0.3 is 5.97 Å². The second-order valence-corrected chi connectivity index (χ2v) is 3.89. The Morgan fingerprint density at radius 1 is 1.75 bits per heavy atom. The number of ether oxygens (including phenoxy) is 1. The van der Waals surface area contributed by atoms with Gasteiger partial charge in [-0.2, -0.15) is 0 Å². The molecule has 1 N–H and O–H groups in total. The van der Waals surface area contributed by atoms with E-state index in [9.17, 15) is 9.90 Å². The number of aliphatic hydroxyl groups is 1. The van der Waals surface area contributed by atoms with Gasteiger partial charge in [-0.3, -0.25) is 4.79 Å². The molecule has 1 heterocycles. The Kier molecular flexibility index (Phi) is 1.52. The lowest BCUT2D eigenvalue weighted by Gasteiger charge is -2.24. The molecule has 1 saturated heterocycles. The van der Waals surface area contributed by atoms with Crippen molar-refractivity contribution in [3.63, 3.8) is 0 Å². The van der Waals surface area contributed by atoms with Crippen LogP contribution in [0.4, 0.5) is 0 Å². The van der Waals surface area contributed by atoms with Gasteiger partial charge in [0.1, 0.15) is 0 Å². The van der Waals surface area contributed by atoms with Crippen molar-refractivity contribution in [2.24, 2.45) is 11.8 Å². The summed E-state index contributed by atoms with van der Waals surface area (Å²) in [6.45, 7) is 2.28. The van der Waals surface area contributed by atoms with Gasteiger partial charge in [-0.15, -0.1) is 0 Å². The fourth-order valence-electron chi connectivity index (χ4n) is 2.28. The van der Waals surface area contributed by atoms with Crippen molar-refractivity contribution in [1.29, 1.82) is 0 Å². The first kappa shape index (κ1) is 8.11. The zero-order valence-electron chi connectivity index (χ0n) is 6.99. The van der Waals surface area contributed by atoms with E-state index in [1.165, 1.54) is 0 Å². The molecule has 2 rings (SSSR count). The molecule has 2 radical (unpaired) electrons. The Morgan fingerprint density at radius 2 is 2.42 bits per heavy atom. The molecule has 12 heavy (non-hydrogen) atoms. The molecule has 0 aromatic rings. The van der Waals surface area contributed by atoms with Crippen molar-refractivity contribution in [2.45, 2.75) is 24.8 Å². The van der Waals surface area contributed by atoms with Crippen LogP contribution in [0, 0.1) is 11.8 Å². The topological polar surface area (TPSA) is 46.5 Å². The van der Waals surface area contributed by atoms with Crippen molar-refractivity contribution in [3.05, 3.63) is 0 Å². The van der Waals surface area contributed by atoms with Crippen molar-refractivity contribution in [2.75, 3.05) is 6.61 Å². The highest BCUT2D eigenvalue weighted by Crippen LogP contribution is 2.54. The molecule has 3 nitrogen and oxygen atoms in total. The van der Waals surface area contributed by atoms with E-state index in [-0.39, 0.29) is 11.8 Å². The Balaban J connectivity index is 2.34. The number of carbonyl (C=O) groups excluding carboxylic acids is 1. The number of fused-ring (bicyclic) bond motifs is 1. The zero-order valence-corrected chi connectivity index (χ0v) is 6.99. The van der Waals surface area contributed by atoms with Crippen LogP contribution < -0.4 is 0 Å². The highest BCUT2D eigenvalue weighted by molar-refractivity contribution is 6.28. The summed E-state index contributed by atoms with van der Waals surface area (Å²) in [5.41, 5.74) is 0. The highest BCUT2D eigenvalue weighted by Gasteiger charge is 2.58. The summed E-state index contributed by atoms with van der Waals surface area (Å²) in [7, 11) is 5.82. The SMILES string of the molecule is [B]C12C(=O)OC[C@@H]1C[C@H](C)[C@@H]2O. The van der Waals surface area contributed by atoms with Gasteiger partial charge in [0, 0.05) is 5.92 Å². The van der Waals surface area contributed by atoms with Gasteiger partial charge in [0.05, 0.1) is 25.9 Å². The highest BCUT2D eigenvalue weighted by atomic mass is 16.5. The maximum atomic E-state index is 11.2. The van der Waals surface area contributed by atoms with E-state index in [0.717, 1.165) is 6.42 Å². The van der Waals surface area contributed by atoms with E-state index in [4.69, 9.17) is 12.6 Å². The van der Waals surface area contributed by atoms with E-state index in [0.29, 0.717) is 6.61 Å². The normalized spacial score (nSPS) is 52.2. The smallest absolute Gasteiger partial charge is 0.306 e. The number of cyclic esters (lactones) is 1. The number of hydrogen-bond acceptors (Lipinski definition) is 3. The monoisotopic (exact) mass is 166 g/mol. The van der Waals surface area contributed by atoms with Crippen LogP contribution in [0.15, 0.2) is 0 Å². The van der Waals surface area contributed by atoms with Gasteiger partial charge in [0.2, 0.25) is 0 Å². The fourth-order valence-corrected chi connectivity index (χ4v) is 2.28. The first-order valence-electron chi connectivity index (χ1n) is 4.21. The quantitative estimate of drug-likeness (QED) is 0.403. The van der Waals surface area contributed by atoms with Crippen LogP contribution in [-0.2, 0) is 9.53 Å². The Labute approximate surface area is 72.5 Å². The zero-order chi connectivity index (χ0) is 8.93. The maximum absolute atomic E-state index is 11.2. The molecular weight excluding hydrogens is 155 g/mol. The third-order valence-electron chi connectivity index (χ3n) is 3.13. The van der Waals surface area contributed by atoms with Gasteiger partial charge in [0.15, 0.2) is 0 Å². The molecule has 4 heteroatoms. The molecule has 1 saturated carbocycles. The molecule has 1 aliphatic carbocycles. The first-order chi connectivity index (χ1) is 5.56. The molecule has 0 amide bonds. The maximum Gasteiger partial charge on any atom is 0.306 e. The summed E-state index contributed by atoms with van der Waals surface area (Å²) < 4.78 is 4.82. The predicted octanol–water partition coefficient (Wildman–Crippen LogP) is -0.113. The van der Waals surface area contributed by atoms with Gasteiger partial charge < -0.3 is 9.84 Å². The summed E-state index contributed by atoms with van der Waals surface area (Å²) in [6.07, 6.45) is 0.0427. The van der Waals surface area contributed by atoms with Crippen LogP contribution in [0.2, 0.25) is 5.31 Å². The Bertz CT molecular complexity index is 226. The largest absolute Gasteiger partial charge is 0.465 e. The predicted molar refractivity (Wildman–Crippen MR) is 42.7 cm³/mol. The van der Waals surface area contributed by atoms with Crippen molar-refractivity contribution < 1.29 is 14.6 Å². The van der Waals surface area contributed by atoms with Crippen LogP contribution >= 0.6 is 0 Å². The van der Waals surface area contributed by atoms with Crippen LogP contribution in [-0.4, -0.2) is 31.6 Å². The average Bonchev–Trinajstić information content (AvgIpc) is 2.41. The Hall–Kier alpha value is -0.505. The minimum absolute atomic E-state index is 0.00926. The van der Waals surface area contributed by atoms with E-state index < -0.39 is 17.4 Å². The molecule has 0 aromatic carbocycles. The van der Waals surface area contributed by atoms with Gasteiger partial charge in [0.25, 0.3) is 0 Å². The van der Waals surface area contributed by atoms with Crippen LogP contribution in [0.25, 0.3) is 0 Å². The fraction of sp³-hybridized carbons (Fsp3) is 0.875. The molecule has 2 fully saturated rings. The van der Waals surface area contributed by atoms with E-state index in [2.05, 4.69) is 0 Å². The minimum atomic E-state index is -1.11. The molecule has 1 aliphatic heterocycles. The molecule has 0 aromatic heterocycles. The summed E-state index contributed by atoms with van der Waals surface area (Å²) >= 11 is 0. The van der Waals surface area contributed by atoms with E-state index in [1.54, 1.807) is 0 Å². The van der Waals surface area contributed by atoms with Crippen LogP contribution in [0.3, 0.4) is 0 Å².